The van der Waals surface area contributed by atoms with Gasteiger partial charge in [-0.2, -0.15) is 0 Å². The number of allylic oxidation sites excluding steroid dienone is 1. The minimum absolute atomic E-state index is 0.000936. The maximum Gasteiger partial charge on any atom is 0.309 e. The van der Waals surface area contributed by atoms with Crippen molar-refractivity contribution in [2.24, 2.45) is 5.41 Å². The van der Waals surface area contributed by atoms with Gasteiger partial charge in [0.1, 0.15) is 5.15 Å². The lowest BCUT2D eigenvalue weighted by atomic mass is 9.81. The van der Waals surface area contributed by atoms with Crippen molar-refractivity contribution in [1.82, 2.24) is 9.97 Å². The third kappa shape index (κ3) is 3.36. The normalized spacial score (nSPS) is 17.7. The molecule has 0 bridgehead atoms. The van der Waals surface area contributed by atoms with Gasteiger partial charge in [-0.3, -0.25) is 9.78 Å². The number of carboxylic acids is 1. The van der Waals surface area contributed by atoms with Crippen LogP contribution in [-0.2, 0) is 19.4 Å². The number of aryl methyl sites for hydroxylation is 1. The molecule has 0 unspecified atom stereocenters. The molecule has 0 saturated carbocycles. The summed E-state index contributed by atoms with van der Waals surface area (Å²) in [5.41, 5.74) is 1.31. The van der Waals surface area contributed by atoms with Gasteiger partial charge in [0, 0.05) is 18.0 Å². The molecule has 0 amide bonds. The van der Waals surface area contributed by atoms with E-state index in [0.717, 1.165) is 0 Å². The van der Waals surface area contributed by atoms with E-state index in [-0.39, 0.29) is 16.5 Å². The van der Waals surface area contributed by atoms with Crippen LogP contribution in [-0.4, -0.2) is 29.5 Å². The third-order valence-electron chi connectivity index (χ3n) is 5.48. The fraction of sp³-hybridized carbons (Fsp3) is 0.381. The van der Waals surface area contributed by atoms with E-state index in [1.807, 2.05) is 0 Å². The van der Waals surface area contributed by atoms with Crippen molar-refractivity contribution in [1.29, 1.82) is 0 Å². The molecule has 2 aromatic heterocycles. The summed E-state index contributed by atoms with van der Waals surface area (Å²) in [7, 11) is -3.89. The predicted molar refractivity (Wildman–Crippen MR) is 113 cm³/mol. The fourth-order valence-electron chi connectivity index (χ4n) is 3.55. The first-order valence-electron chi connectivity index (χ1n) is 9.10. The molecule has 0 atom stereocenters. The van der Waals surface area contributed by atoms with E-state index in [1.54, 1.807) is 59.0 Å². The van der Waals surface area contributed by atoms with Gasteiger partial charge in [-0.1, -0.05) is 17.7 Å². The minimum atomic E-state index is -3.89. The molecular formula is C21H23ClN2O4S. The van der Waals surface area contributed by atoms with Gasteiger partial charge >= 0.3 is 5.97 Å². The van der Waals surface area contributed by atoms with E-state index in [1.165, 1.54) is 6.20 Å². The maximum absolute atomic E-state index is 13.8. The Kier molecular flexibility index (Phi) is 5.12. The average Bonchev–Trinajstić information content (AvgIpc) is 2.61. The number of aliphatic carboxylic acids is 1. The van der Waals surface area contributed by atoms with Crippen molar-refractivity contribution in [2.45, 2.75) is 45.8 Å². The minimum Gasteiger partial charge on any atom is -0.481 e. The van der Waals surface area contributed by atoms with Crippen molar-refractivity contribution in [2.75, 3.05) is 0 Å². The van der Waals surface area contributed by atoms with E-state index in [4.69, 9.17) is 11.6 Å². The largest absolute Gasteiger partial charge is 0.481 e. The Hall–Kier alpha value is -2.25. The van der Waals surface area contributed by atoms with Crippen molar-refractivity contribution in [3.05, 3.63) is 58.1 Å². The summed E-state index contributed by atoms with van der Waals surface area (Å²) in [5, 5.41) is 9.93. The number of pyridine rings is 2. The number of carbonyl (C=O) groups is 1. The number of halogens is 1. The molecule has 0 saturated heterocycles. The van der Waals surface area contributed by atoms with Crippen molar-refractivity contribution < 1.29 is 18.3 Å². The van der Waals surface area contributed by atoms with Crippen LogP contribution >= 0.6 is 11.6 Å². The predicted octanol–water partition coefficient (Wildman–Crippen LogP) is 4.47. The van der Waals surface area contributed by atoms with Gasteiger partial charge < -0.3 is 5.11 Å². The lowest BCUT2D eigenvalue weighted by Crippen LogP contribution is -2.36. The average molecular weight is 435 g/mol. The van der Waals surface area contributed by atoms with Crippen molar-refractivity contribution in [3.8, 4) is 0 Å². The molecule has 6 nitrogen and oxygen atoms in total. The molecule has 0 aromatic carbocycles. The van der Waals surface area contributed by atoms with Gasteiger partial charge in [0.15, 0.2) is 9.84 Å². The number of hydrogen-bond acceptors (Lipinski definition) is 5. The van der Waals surface area contributed by atoms with Crippen LogP contribution < -0.4 is 0 Å². The second kappa shape index (κ2) is 6.92. The van der Waals surface area contributed by atoms with E-state index in [2.05, 4.69) is 9.97 Å². The molecular weight excluding hydrogens is 412 g/mol. The zero-order chi connectivity index (χ0) is 21.8. The molecule has 0 radical (unpaired) electrons. The number of sulfone groups is 1. The smallest absolute Gasteiger partial charge is 0.309 e. The maximum atomic E-state index is 13.8. The number of nitrogens with zero attached hydrogens (tertiary/aromatic N) is 2. The van der Waals surface area contributed by atoms with Gasteiger partial charge in [-0.25, -0.2) is 13.4 Å². The highest BCUT2D eigenvalue weighted by atomic mass is 35.5. The molecule has 1 aliphatic heterocycles. The van der Waals surface area contributed by atoms with Gasteiger partial charge in [0.25, 0.3) is 0 Å². The van der Waals surface area contributed by atoms with Gasteiger partial charge in [-0.15, -0.1) is 0 Å². The molecule has 154 valence electrons. The summed E-state index contributed by atoms with van der Waals surface area (Å²) in [6, 6.07) is 5.02. The second-order valence-corrected chi connectivity index (χ2v) is 11.2. The molecule has 0 aliphatic carbocycles. The SMILES string of the molecule is Cc1cc(Cl)ncc1C1=C(CC(C)(C)C(=O)O)c2ncccc2C(C)(C)S1(=O)=O. The van der Waals surface area contributed by atoms with Gasteiger partial charge in [-0.05, 0) is 69.9 Å². The molecule has 29 heavy (non-hydrogen) atoms. The van der Waals surface area contributed by atoms with Crippen LogP contribution in [0.5, 0.6) is 0 Å². The Balaban J connectivity index is 2.48. The summed E-state index contributed by atoms with van der Waals surface area (Å²) in [6.45, 7) is 8.18. The highest BCUT2D eigenvalue weighted by molar-refractivity contribution is 8.01. The van der Waals surface area contributed by atoms with E-state index in [0.29, 0.717) is 28.0 Å². The summed E-state index contributed by atoms with van der Waals surface area (Å²) in [5.74, 6) is -1.02. The van der Waals surface area contributed by atoms with Crippen LogP contribution in [0.1, 0.15) is 56.5 Å². The zero-order valence-corrected chi connectivity index (χ0v) is 18.5. The molecule has 3 rings (SSSR count). The number of carboxylic acid groups (broad SMARTS) is 1. The van der Waals surface area contributed by atoms with Crippen LogP contribution in [0.25, 0.3) is 10.5 Å². The topological polar surface area (TPSA) is 97.2 Å². The summed E-state index contributed by atoms with van der Waals surface area (Å²) in [4.78, 5) is 20.4. The van der Waals surface area contributed by atoms with Crippen LogP contribution in [0.3, 0.4) is 0 Å². The molecule has 3 heterocycles. The van der Waals surface area contributed by atoms with Crippen molar-refractivity contribution >= 4 is 37.9 Å². The Labute approximate surface area is 175 Å². The van der Waals surface area contributed by atoms with Crippen LogP contribution in [0.2, 0.25) is 5.15 Å². The standard InChI is InChI=1S/C21H23ClN2O4S/c1-12-9-16(22)24-11-14(12)18-13(10-20(2,3)19(25)26)17-15(7-6-8-23-17)21(4,5)29(18,27)28/h6-9,11H,10H2,1-5H3,(H,25,26). The third-order valence-corrected chi connectivity index (χ3v) is 8.25. The fourth-order valence-corrected chi connectivity index (χ4v) is 5.72. The molecule has 1 N–H and O–H groups in total. The lowest BCUT2D eigenvalue weighted by molar-refractivity contribution is -0.146. The Morgan fingerprint density at radius 3 is 2.52 bits per heavy atom. The molecule has 0 fully saturated rings. The first kappa shape index (κ1) is 21.5. The second-order valence-electron chi connectivity index (χ2n) is 8.41. The Bertz CT molecular complexity index is 1150. The van der Waals surface area contributed by atoms with E-state index >= 15 is 0 Å². The number of rotatable bonds is 4. The summed E-state index contributed by atoms with van der Waals surface area (Å²) < 4.78 is 26.4. The molecule has 2 aromatic rings. The first-order chi connectivity index (χ1) is 13.3. The van der Waals surface area contributed by atoms with Gasteiger partial charge in [0.2, 0.25) is 0 Å². The number of hydrogen-bond donors (Lipinski definition) is 1. The highest BCUT2D eigenvalue weighted by Gasteiger charge is 2.48. The van der Waals surface area contributed by atoms with Crippen LogP contribution in [0, 0.1) is 12.3 Å². The molecule has 8 heteroatoms. The Morgan fingerprint density at radius 1 is 1.28 bits per heavy atom. The quantitative estimate of drug-likeness (QED) is 0.713. The number of fused-ring (bicyclic) bond motifs is 1. The molecule has 1 aliphatic rings. The summed E-state index contributed by atoms with van der Waals surface area (Å²) in [6.07, 6.45) is 3.02. The van der Waals surface area contributed by atoms with E-state index < -0.39 is 26.0 Å². The highest BCUT2D eigenvalue weighted by Crippen LogP contribution is 2.51. The lowest BCUT2D eigenvalue weighted by Gasteiger charge is -2.36. The van der Waals surface area contributed by atoms with E-state index in [9.17, 15) is 18.3 Å². The Morgan fingerprint density at radius 2 is 1.93 bits per heavy atom. The first-order valence-corrected chi connectivity index (χ1v) is 11.0. The summed E-state index contributed by atoms with van der Waals surface area (Å²) >= 11 is 5.98. The van der Waals surface area contributed by atoms with Crippen LogP contribution in [0.15, 0.2) is 30.6 Å². The monoisotopic (exact) mass is 434 g/mol. The number of aromatic nitrogens is 2. The van der Waals surface area contributed by atoms with Crippen LogP contribution in [0.4, 0.5) is 0 Å². The van der Waals surface area contributed by atoms with Gasteiger partial charge in [0.05, 0.1) is 20.8 Å². The van der Waals surface area contributed by atoms with Crippen molar-refractivity contribution in [3.63, 3.8) is 0 Å². The zero-order valence-electron chi connectivity index (χ0n) is 16.9. The molecule has 0 spiro atoms.